The minimum Gasteiger partial charge on any atom is -0.467 e. The summed E-state index contributed by atoms with van der Waals surface area (Å²) in [5.74, 6) is 0.839. The highest BCUT2D eigenvalue weighted by atomic mass is 16.3. The first-order valence-corrected chi connectivity index (χ1v) is 5.96. The molecule has 0 aliphatic carbocycles. The van der Waals surface area contributed by atoms with E-state index in [2.05, 4.69) is 15.5 Å². The van der Waals surface area contributed by atoms with Gasteiger partial charge < -0.3 is 15.1 Å². The van der Waals surface area contributed by atoms with Crippen LogP contribution in [0.2, 0.25) is 0 Å². The summed E-state index contributed by atoms with van der Waals surface area (Å²) in [5, 5.41) is 6.08. The number of carbonyl (C=O) groups excluding carboxylic acids is 1. The highest BCUT2D eigenvalue weighted by Crippen LogP contribution is 2.07. The Morgan fingerprint density at radius 1 is 1.65 bits per heavy atom. The second-order valence-electron chi connectivity index (χ2n) is 4.37. The molecule has 1 aliphatic rings. The summed E-state index contributed by atoms with van der Waals surface area (Å²) in [7, 11) is 1.96. The third-order valence-electron chi connectivity index (χ3n) is 3.09. The fourth-order valence-corrected chi connectivity index (χ4v) is 2.07. The number of rotatable bonds is 5. The minimum atomic E-state index is 0.0538. The van der Waals surface area contributed by atoms with Crippen molar-refractivity contribution in [3.05, 3.63) is 24.2 Å². The molecule has 0 spiro atoms. The van der Waals surface area contributed by atoms with Crippen LogP contribution in [0.3, 0.4) is 0 Å². The molecule has 1 unspecified atom stereocenters. The van der Waals surface area contributed by atoms with E-state index < -0.39 is 0 Å². The van der Waals surface area contributed by atoms with Crippen LogP contribution in [0.5, 0.6) is 0 Å². The monoisotopic (exact) mass is 237 g/mol. The van der Waals surface area contributed by atoms with Crippen molar-refractivity contribution in [2.24, 2.45) is 0 Å². The number of carbonyl (C=O) groups is 1. The summed E-state index contributed by atoms with van der Waals surface area (Å²) in [5.41, 5.74) is 0. The molecule has 5 heteroatoms. The van der Waals surface area contributed by atoms with Crippen LogP contribution >= 0.6 is 0 Å². The normalized spacial score (nSPS) is 20.6. The van der Waals surface area contributed by atoms with Gasteiger partial charge in [-0.15, -0.1) is 0 Å². The molecule has 17 heavy (non-hydrogen) atoms. The maximum atomic E-state index is 11.7. The van der Waals surface area contributed by atoms with Crippen molar-refractivity contribution in [2.45, 2.75) is 19.0 Å². The van der Waals surface area contributed by atoms with E-state index in [0.717, 1.165) is 25.3 Å². The number of nitrogens with one attached hydrogen (secondary N) is 2. The van der Waals surface area contributed by atoms with E-state index in [1.165, 1.54) is 0 Å². The molecule has 0 bridgehead atoms. The van der Waals surface area contributed by atoms with Crippen LogP contribution in [0.1, 0.15) is 12.2 Å². The van der Waals surface area contributed by atoms with Gasteiger partial charge in [-0.05, 0) is 25.6 Å². The molecule has 1 saturated heterocycles. The maximum Gasteiger partial charge on any atom is 0.234 e. The predicted molar refractivity (Wildman–Crippen MR) is 64.5 cm³/mol. The summed E-state index contributed by atoms with van der Waals surface area (Å²) >= 11 is 0. The fraction of sp³-hybridized carbons (Fsp3) is 0.583. The van der Waals surface area contributed by atoms with Crippen molar-refractivity contribution in [2.75, 3.05) is 26.7 Å². The molecular formula is C12H19N3O2. The molecule has 1 aromatic heterocycles. The van der Waals surface area contributed by atoms with Gasteiger partial charge in [0.25, 0.3) is 0 Å². The summed E-state index contributed by atoms with van der Waals surface area (Å²) < 4.78 is 5.15. The lowest BCUT2D eigenvalue weighted by molar-refractivity contribution is -0.122. The SMILES string of the molecule is CNC1CCN(CC(=O)NCc2ccco2)C1. The summed E-state index contributed by atoms with van der Waals surface area (Å²) in [6.45, 7) is 2.87. The third-order valence-corrected chi connectivity index (χ3v) is 3.09. The Kier molecular flexibility index (Phi) is 4.17. The molecule has 2 N–H and O–H groups in total. The lowest BCUT2D eigenvalue weighted by atomic mass is 10.3. The van der Waals surface area contributed by atoms with Crippen molar-refractivity contribution in [1.82, 2.24) is 15.5 Å². The molecule has 1 aromatic rings. The summed E-state index contributed by atoms with van der Waals surface area (Å²) in [6.07, 6.45) is 2.72. The zero-order chi connectivity index (χ0) is 12.1. The van der Waals surface area contributed by atoms with Crippen molar-refractivity contribution >= 4 is 5.91 Å². The summed E-state index contributed by atoms with van der Waals surface area (Å²) in [6, 6.07) is 4.19. The van der Waals surface area contributed by atoms with Crippen LogP contribution in [0, 0.1) is 0 Å². The molecule has 0 aromatic carbocycles. The highest BCUT2D eigenvalue weighted by molar-refractivity contribution is 5.77. The largest absolute Gasteiger partial charge is 0.467 e. The Morgan fingerprint density at radius 3 is 3.18 bits per heavy atom. The molecule has 1 atom stereocenters. The van der Waals surface area contributed by atoms with E-state index in [0.29, 0.717) is 19.1 Å². The Labute approximate surface area is 101 Å². The minimum absolute atomic E-state index is 0.0538. The summed E-state index contributed by atoms with van der Waals surface area (Å²) in [4.78, 5) is 13.8. The number of hydrogen-bond acceptors (Lipinski definition) is 4. The smallest absolute Gasteiger partial charge is 0.234 e. The lowest BCUT2D eigenvalue weighted by Crippen LogP contribution is -2.37. The Morgan fingerprint density at radius 2 is 2.53 bits per heavy atom. The maximum absolute atomic E-state index is 11.7. The second-order valence-corrected chi connectivity index (χ2v) is 4.37. The van der Waals surface area contributed by atoms with Gasteiger partial charge in [0.2, 0.25) is 5.91 Å². The van der Waals surface area contributed by atoms with Crippen LogP contribution in [-0.2, 0) is 11.3 Å². The molecule has 5 nitrogen and oxygen atoms in total. The molecule has 0 saturated carbocycles. The second kappa shape index (κ2) is 5.84. The van der Waals surface area contributed by atoms with Crippen LogP contribution in [0.4, 0.5) is 0 Å². The molecule has 1 amide bonds. The zero-order valence-electron chi connectivity index (χ0n) is 10.1. The third kappa shape index (κ3) is 3.57. The number of nitrogens with zero attached hydrogens (tertiary/aromatic N) is 1. The lowest BCUT2D eigenvalue weighted by Gasteiger charge is -2.15. The van der Waals surface area contributed by atoms with Gasteiger partial charge in [-0.1, -0.05) is 0 Å². The number of hydrogen-bond donors (Lipinski definition) is 2. The Bertz CT molecular complexity index is 351. The van der Waals surface area contributed by atoms with E-state index in [1.54, 1.807) is 6.26 Å². The van der Waals surface area contributed by atoms with Gasteiger partial charge in [-0.2, -0.15) is 0 Å². The van der Waals surface area contributed by atoms with Gasteiger partial charge in [0.15, 0.2) is 0 Å². The topological polar surface area (TPSA) is 57.5 Å². The van der Waals surface area contributed by atoms with Crippen molar-refractivity contribution in [1.29, 1.82) is 0 Å². The van der Waals surface area contributed by atoms with Gasteiger partial charge in [0, 0.05) is 19.1 Å². The van der Waals surface area contributed by atoms with E-state index >= 15 is 0 Å². The number of likely N-dealkylation sites (N-methyl/N-ethyl adjacent to an activating group) is 1. The molecular weight excluding hydrogens is 218 g/mol. The van der Waals surface area contributed by atoms with Crippen LogP contribution < -0.4 is 10.6 Å². The van der Waals surface area contributed by atoms with Crippen LogP contribution in [0.15, 0.2) is 22.8 Å². The number of furan rings is 1. The van der Waals surface area contributed by atoms with Gasteiger partial charge in [-0.3, -0.25) is 9.69 Å². The average molecular weight is 237 g/mol. The number of likely N-dealkylation sites (tertiary alicyclic amines) is 1. The first kappa shape index (κ1) is 12.1. The molecule has 2 rings (SSSR count). The first-order chi connectivity index (χ1) is 8.28. The average Bonchev–Trinajstić information content (AvgIpc) is 2.97. The molecule has 1 aliphatic heterocycles. The van der Waals surface area contributed by atoms with Crippen molar-refractivity contribution in [3.63, 3.8) is 0 Å². The fourth-order valence-electron chi connectivity index (χ4n) is 2.07. The van der Waals surface area contributed by atoms with Gasteiger partial charge in [0.05, 0.1) is 19.4 Å². The molecule has 94 valence electrons. The van der Waals surface area contributed by atoms with E-state index in [1.807, 2.05) is 19.2 Å². The van der Waals surface area contributed by atoms with Gasteiger partial charge in [-0.25, -0.2) is 0 Å². The highest BCUT2D eigenvalue weighted by Gasteiger charge is 2.22. The molecule has 0 radical (unpaired) electrons. The van der Waals surface area contributed by atoms with E-state index in [4.69, 9.17) is 4.42 Å². The van der Waals surface area contributed by atoms with E-state index in [9.17, 15) is 4.79 Å². The van der Waals surface area contributed by atoms with Crippen molar-refractivity contribution in [3.8, 4) is 0 Å². The molecule has 2 heterocycles. The Hall–Kier alpha value is -1.33. The van der Waals surface area contributed by atoms with Crippen LogP contribution in [-0.4, -0.2) is 43.5 Å². The standard InChI is InChI=1S/C12H19N3O2/c1-13-10-4-5-15(8-10)9-12(16)14-7-11-3-2-6-17-11/h2-3,6,10,13H,4-5,7-9H2,1H3,(H,14,16). The van der Waals surface area contributed by atoms with E-state index in [-0.39, 0.29) is 5.91 Å². The number of amides is 1. The Balaban J connectivity index is 1.67. The van der Waals surface area contributed by atoms with Gasteiger partial charge >= 0.3 is 0 Å². The predicted octanol–water partition coefficient (Wildman–Crippen LogP) is 0.190. The quantitative estimate of drug-likeness (QED) is 0.767. The molecule has 1 fully saturated rings. The zero-order valence-corrected chi connectivity index (χ0v) is 10.1. The van der Waals surface area contributed by atoms with Gasteiger partial charge in [0.1, 0.15) is 5.76 Å². The van der Waals surface area contributed by atoms with Crippen LogP contribution in [0.25, 0.3) is 0 Å². The van der Waals surface area contributed by atoms with Crippen molar-refractivity contribution < 1.29 is 9.21 Å². The first-order valence-electron chi connectivity index (χ1n) is 5.96.